The minimum absolute atomic E-state index is 0.225. The molecule has 0 amide bonds. The normalized spacial score (nSPS) is 28.9. The average molecular weight is 292 g/mol. The van der Waals surface area contributed by atoms with E-state index in [4.69, 9.17) is 17.3 Å². The Hall–Kier alpha value is -0.530. The second-order valence-corrected chi connectivity index (χ2v) is 7.44. The van der Waals surface area contributed by atoms with Crippen molar-refractivity contribution in [3.63, 3.8) is 0 Å². The van der Waals surface area contributed by atoms with Gasteiger partial charge in [-0.2, -0.15) is 0 Å². The summed E-state index contributed by atoms with van der Waals surface area (Å²) in [5.74, 6) is 1.56. The van der Waals surface area contributed by atoms with Crippen LogP contribution in [0.3, 0.4) is 0 Å². The molecule has 0 heterocycles. The number of hydrogen-bond donors (Lipinski definition) is 1. The van der Waals surface area contributed by atoms with Crippen LogP contribution in [0.1, 0.15) is 68.9 Å². The van der Waals surface area contributed by atoms with Crippen molar-refractivity contribution in [1.29, 1.82) is 0 Å². The third kappa shape index (κ3) is 2.51. The van der Waals surface area contributed by atoms with Crippen molar-refractivity contribution in [1.82, 2.24) is 0 Å². The predicted octanol–water partition coefficient (Wildman–Crippen LogP) is 5.01. The minimum Gasteiger partial charge on any atom is -0.330 e. The van der Waals surface area contributed by atoms with Crippen LogP contribution in [0.4, 0.5) is 0 Å². The van der Waals surface area contributed by atoms with Crippen LogP contribution in [0, 0.1) is 5.92 Å². The lowest BCUT2D eigenvalue weighted by Crippen LogP contribution is -2.41. The van der Waals surface area contributed by atoms with Crippen molar-refractivity contribution >= 4 is 11.6 Å². The first kappa shape index (κ1) is 14.4. The van der Waals surface area contributed by atoms with E-state index in [1.807, 2.05) is 0 Å². The molecule has 20 heavy (non-hydrogen) atoms. The molecular formula is C18H26ClN. The van der Waals surface area contributed by atoms with Gasteiger partial charge in [-0.15, -0.1) is 0 Å². The molecule has 0 aromatic heterocycles. The molecule has 2 N–H and O–H groups in total. The summed E-state index contributed by atoms with van der Waals surface area (Å²) in [6.07, 6.45) is 9.02. The van der Waals surface area contributed by atoms with Crippen molar-refractivity contribution in [2.24, 2.45) is 11.7 Å². The lowest BCUT2D eigenvalue weighted by Gasteiger charge is -2.42. The van der Waals surface area contributed by atoms with Crippen molar-refractivity contribution in [3.8, 4) is 0 Å². The minimum atomic E-state index is 0.225. The molecule has 2 fully saturated rings. The molecule has 3 rings (SSSR count). The van der Waals surface area contributed by atoms with E-state index in [-0.39, 0.29) is 5.41 Å². The molecule has 0 radical (unpaired) electrons. The maximum atomic E-state index is 6.60. The smallest absolute Gasteiger partial charge is 0.0443 e. The average Bonchev–Trinajstić information content (AvgIpc) is 2.40. The Morgan fingerprint density at radius 1 is 1.20 bits per heavy atom. The van der Waals surface area contributed by atoms with Crippen molar-refractivity contribution in [2.45, 2.75) is 63.2 Å². The fourth-order valence-corrected chi connectivity index (χ4v) is 4.31. The van der Waals surface area contributed by atoms with Gasteiger partial charge in [0.05, 0.1) is 0 Å². The highest BCUT2D eigenvalue weighted by molar-refractivity contribution is 6.31. The van der Waals surface area contributed by atoms with Crippen LogP contribution in [0.2, 0.25) is 5.02 Å². The topological polar surface area (TPSA) is 26.0 Å². The summed E-state index contributed by atoms with van der Waals surface area (Å²) < 4.78 is 0. The summed E-state index contributed by atoms with van der Waals surface area (Å²) in [5, 5.41) is 0.974. The van der Waals surface area contributed by atoms with E-state index in [0.29, 0.717) is 5.92 Å². The molecule has 0 aliphatic heterocycles. The maximum absolute atomic E-state index is 6.60. The molecule has 1 nitrogen and oxygen atoms in total. The molecule has 0 atom stereocenters. The lowest BCUT2D eigenvalue weighted by molar-refractivity contribution is 0.253. The summed E-state index contributed by atoms with van der Waals surface area (Å²) in [5.41, 5.74) is 8.96. The van der Waals surface area contributed by atoms with E-state index in [0.717, 1.165) is 17.5 Å². The van der Waals surface area contributed by atoms with Crippen LogP contribution in [0.25, 0.3) is 0 Å². The highest BCUT2D eigenvalue weighted by atomic mass is 35.5. The number of benzene rings is 1. The molecule has 2 saturated carbocycles. The van der Waals surface area contributed by atoms with Gasteiger partial charge in [-0.3, -0.25) is 0 Å². The molecule has 0 spiro atoms. The molecule has 2 aliphatic rings. The zero-order chi connectivity index (χ0) is 14.2. The zero-order valence-electron chi connectivity index (χ0n) is 12.5. The molecule has 110 valence electrons. The molecule has 1 aromatic carbocycles. The number of hydrogen-bond acceptors (Lipinski definition) is 1. The highest BCUT2D eigenvalue weighted by Crippen LogP contribution is 2.45. The summed E-state index contributed by atoms with van der Waals surface area (Å²) >= 11 is 6.60. The van der Waals surface area contributed by atoms with Gasteiger partial charge in [-0.1, -0.05) is 49.9 Å². The molecule has 0 bridgehead atoms. The van der Waals surface area contributed by atoms with Crippen molar-refractivity contribution in [3.05, 3.63) is 34.3 Å². The van der Waals surface area contributed by atoms with Gasteiger partial charge in [0, 0.05) is 17.0 Å². The summed E-state index contributed by atoms with van der Waals surface area (Å²) in [7, 11) is 0. The summed E-state index contributed by atoms with van der Waals surface area (Å²) in [4.78, 5) is 0. The van der Waals surface area contributed by atoms with Gasteiger partial charge in [0.2, 0.25) is 0 Å². The van der Waals surface area contributed by atoms with Crippen LogP contribution in [-0.4, -0.2) is 6.54 Å². The largest absolute Gasteiger partial charge is 0.330 e. The van der Waals surface area contributed by atoms with E-state index < -0.39 is 0 Å². The first-order chi connectivity index (χ1) is 9.64. The second kappa shape index (κ2) is 5.69. The van der Waals surface area contributed by atoms with Crippen LogP contribution in [0.5, 0.6) is 0 Å². The summed E-state index contributed by atoms with van der Waals surface area (Å²) in [6.45, 7) is 3.12. The fourth-order valence-electron chi connectivity index (χ4n) is 3.97. The Morgan fingerprint density at radius 2 is 1.90 bits per heavy atom. The van der Waals surface area contributed by atoms with Crippen molar-refractivity contribution in [2.75, 3.05) is 6.54 Å². The molecule has 2 heteroatoms. The van der Waals surface area contributed by atoms with E-state index in [2.05, 4.69) is 25.1 Å². The molecular weight excluding hydrogens is 266 g/mol. The van der Waals surface area contributed by atoms with Gasteiger partial charge < -0.3 is 5.73 Å². The van der Waals surface area contributed by atoms with Gasteiger partial charge in [-0.25, -0.2) is 0 Å². The standard InChI is InChI=1S/C18H26ClN/c1-13-3-5-14(6-4-13)16-8-7-15(11-17(16)19)18(12-20)9-2-10-18/h7-8,11,13-14H,2-6,9-10,12,20H2,1H3. The monoisotopic (exact) mass is 291 g/mol. The Bertz CT molecular complexity index is 465. The van der Waals surface area contributed by atoms with Gasteiger partial charge in [-0.05, 0) is 54.7 Å². The Morgan fingerprint density at radius 3 is 2.40 bits per heavy atom. The van der Waals surface area contributed by atoms with Crippen LogP contribution >= 0.6 is 11.6 Å². The number of halogens is 1. The SMILES string of the molecule is CC1CCC(c2ccc(C3(CN)CCC3)cc2Cl)CC1. The molecule has 0 unspecified atom stereocenters. The van der Waals surface area contributed by atoms with Crippen LogP contribution in [-0.2, 0) is 5.41 Å². The van der Waals surface area contributed by atoms with E-state index in [1.54, 1.807) is 0 Å². The fraction of sp³-hybridized carbons (Fsp3) is 0.667. The predicted molar refractivity (Wildman–Crippen MR) is 86.4 cm³/mol. The third-order valence-corrected chi connectivity index (χ3v) is 6.10. The zero-order valence-corrected chi connectivity index (χ0v) is 13.3. The summed E-state index contributed by atoms with van der Waals surface area (Å²) in [6, 6.07) is 6.79. The molecule has 2 aliphatic carbocycles. The maximum Gasteiger partial charge on any atom is 0.0443 e. The number of nitrogens with two attached hydrogens (primary N) is 1. The Labute approximate surface area is 127 Å². The Kier molecular flexibility index (Phi) is 4.10. The first-order valence-electron chi connectivity index (χ1n) is 8.14. The van der Waals surface area contributed by atoms with Gasteiger partial charge in [0.1, 0.15) is 0 Å². The van der Waals surface area contributed by atoms with E-state index in [9.17, 15) is 0 Å². The van der Waals surface area contributed by atoms with Crippen LogP contribution < -0.4 is 5.73 Å². The molecule has 1 aromatic rings. The van der Waals surface area contributed by atoms with E-state index >= 15 is 0 Å². The third-order valence-electron chi connectivity index (χ3n) is 5.77. The van der Waals surface area contributed by atoms with Gasteiger partial charge >= 0.3 is 0 Å². The highest BCUT2D eigenvalue weighted by Gasteiger charge is 2.37. The van der Waals surface area contributed by atoms with Gasteiger partial charge in [0.15, 0.2) is 0 Å². The quantitative estimate of drug-likeness (QED) is 0.832. The Balaban J connectivity index is 1.81. The van der Waals surface area contributed by atoms with Gasteiger partial charge in [0.25, 0.3) is 0 Å². The molecule has 0 saturated heterocycles. The number of rotatable bonds is 3. The van der Waals surface area contributed by atoms with E-state index in [1.165, 1.54) is 56.1 Å². The second-order valence-electron chi connectivity index (χ2n) is 7.03. The van der Waals surface area contributed by atoms with Crippen molar-refractivity contribution < 1.29 is 0 Å². The first-order valence-corrected chi connectivity index (χ1v) is 8.52. The lowest BCUT2D eigenvalue weighted by atomic mass is 9.64. The van der Waals surface area contributed by atoms with Crippen LogP contribution in [0.15, 0.2) is 18.2 Å².